The fourth-order valence-electron chi connectivity index (χ4n) is 3.11. The topological polar surface area (TPSA) is 126 Å². The van der Waals surface area contributed by atoms with Crippen molar-refractivity contribution in [1.82, 2.24) is 20.8 Å². The lowest BCUT2D eigenvalue weighted by molar-refractivity contribution is -0.124. The van der Waals surface area contributed by atoms with Crippen LogP contribution in [-0.2, 0) is 19.6 Å². The number of amides is 2. The molecule has 0 radical (unpaired) electrons. The molecule has 0 saturated heterocycles. The average Bonchev–Trinajstić information content (AvgIpc) is 2.76. The number of benzene rings is 2. The molecule has 0 aliphatic rings. The molecular formula is C25H36N4O5S. The first-order valence-corrected chi connectivity index (χ1v) is 13.0. The number of hydroxylamine groups is 1. The van der Waals surface area contributed by atoms with Gasteiger partial charge in [0.05, 0.1) is 11.4 Å². The van der Waals surface area contributed by atoms with Gasteiger partial charge in [-0.15, -0.1) is 0 Å². The van der Waals surface area contributed by atoms with Crippen molar-refractivity contribution in [2.75, 3.05) is 6.54 Å². The highest BCUT2D eigenvalue weighted by Crippen LogP contribution is 2.13. The summed E-state index contributed by atoms with van der Waals surface area (Å²) in [5, 5.41) is 5.61. The summed E-state index contributed by atoms with van der Waals surface area (Å²) in [5.74, 6) is -0.173. The molecule has 0 heterocycles. The van der Waals surface area contributed by atoms with E-state index in [1.165, 1.54) is 12.1 Å². The fraction of sp³-hybridized carbons (Fsp3) is 0.440. The first-order chi connectivity index (χ1) is 16.4. The minimum Gasteiger partial charge on any atom is -0.409 e. The Morgan fingerprint density at radius 2 is 1.63 bits per heavy atom. The molecule has 0 fully saturated rings. The molecule has 2 unspecified atom stereocenters. The quantitative estimate of drug-likeness (QED) is 0.329. The van der Waals surface area contributed by atoms with Gasteiger partial charge in [0.25, 0.3) is 0 Å². The minimum atomic E-state index is -3.98. The third kappa shape index (κ3) is 10.5. The van der Waals surface area contributed by atoms with E-state index in [4.69, 9.17) is 4.84 Å². The molecule has 2 rings (SSSR count). The first-order valence-electron chi connectivity index (χ1n) is 11.5. The smallest absolute Gasteiger partial charge is 0.241 e. The number of aryl methyl sites for hydroxylation is 1. The Hall–Kier alpha value is -2.95. The van der Waals surface area contributed by atoms with E-state index in [9.17, 15) is 18.0 Å². The van der Waals surface area contributed by atoms with Crippen molar-refractivity contribution in [3.05, 3.63) is 60.2 Å². The van der Waals surface area contributed by atoms with E-state index in [1.807, 2.05) is 45.9 Å². The van der Waals surface area contributed by atoms with Gasteiger partial charge in [-0.2, -0.15) is 10.2 Å². The normalized spacial score (nSPS) is 13.5. The maximum atomic E-state index is 13.0. The van der Waals surface area contributed by atoms with Gasteiger partial charge in [-0.1, -0.05) is 35.9 Å². The molecule has 0 spiro atoms. The van der Waals surface area contributed by atoms with Gasteiger partial charge in [0, 0.05) is 18.0 Å². The maximum Gasteiger partial charge on any atom is 0.241 e. The van der Waals surface area contributed by atoms with Crippen LogP contribution in [0.25, 0.3) is 0 Å². The minimum absolute atomic E-state index is 0.000494. The van der Waals surface area contributed by atoms with Gasteiger partial charge < -0.3 is 15.5 Å². The van der Waals surface area contributed by atoms with E-state index in [2.05, 4.69) is 20.8 Å². The summed E-state index contributed by atoms with van der Waals surface area (Å²) < 4.78 is 28.3. The Morgan fingerprint density at radius 1 is 1.00 bits per heavy atom. The number of para-hydroxylation sites is 1. The second-order valence-electron chi connectivity index (χ2n) is 9.50. The van der Waals surface area contributed by atoms with Gasteiger partial charge in [0.2, 0.25) is 21.8 Å². The van der Waals surface area contributed by atoms with Gasteiger partial charge in [-0.25, -0.2) is 8.42 Å². The predicted octanol–water partition coefficient (Wildman–Crippen LogP) is 2.43. The summed E-state index contributed by atoms with van der Waals surface area (Å²) >= 11 is 0. The fourth-order valence-corrected chi connectivity index (χ4v) is 4.34. The van der Waals surface area contributed by atoms with Crippen LogP contribution in [0.15, 0.2) is 59.5 Å². The molecule has 35 heavy (non-hydrogen) atoms. The number of rotatable bonds is 12. The van der Waals surface area contributed by atoms with Crippen LogP contribution in [0, 0.1) is 6.92 Å². The summed E-state index contributed by atoms with van der Waals surface area (Å²) in [7, 11) is -3.98. The molecule has 0 aliphatic carbocycles. The summed E-state index contributed by atoms with van der Waals surface area (Å²) in [5.41, 5.74) is 3.26. The van der Waals surface area contributed by atoms with Crippen LogP contribution < -0.4 is 25.7 Å². The Bertz CT molecular complexity index is 1070. The average molecular weight is 505 g/mol. The van der Waals surface area contributed by atoms with E-state index < -0.39 is 27.5 Å². The van der Waals surface area contributed by atoms with Crippen molar-refractivity contribution >= 4 is 21.8 Å². The molecule has 2 atom stereocenters. The van der Waals surface area contributed by atoms with Crippen LogP contribution in [0.3, 0.4) is 0 Å². The Kier molecular flexibility index (Phi) is 10.2. The highest BCUT2D eigenvalue weighted by Gasteiger charge is 2.27. The van der Waals surface area contributed by atoms with Crippen molar-refractivity contribution in [3.63, 3.8) is 0 Å². The largest absolute Gasteiger partial charge is 0.409 e. The highest BCUT2D eigenvalue weighted by atomic mass is 32.2. The zero-order valence-electron chi connectivity index (χ0n) is 20.9. The molecule has 2 aromatic rings. The van der Waals surface area contributed by atoms with Crippen LogP contribution in [0.4, 0.5) is 0 Å². The number of hydrogen-bond donors (Lipinski definition) is 4. The van der Waals surface area contributed by atoms with Crippen LogP contribution in [-0.4, -0.2) is 44.4 Å². The van der Waals surface area contributed by atoms with Crippen molar-refractivity contribution in [2.24, 2.45) is 0 Å². The number of carbonyl (C=O) groups is 2. The second kappa shape index (κ2) is 12.7. The number of carbonyl (C=O) groups excluding carboxylic acids is 2. The number of hydrogen-bond acceptors (Lipinski definition) is 6. The molecule has 0 aliphatic heterocycles. The number of sulfonamides is 1. The molecule has 10 heteroatoms. The van der Waals surface area contributed by atoms with E-state index in [0.29, 0.717) is 5.75 Å². The lowest BCUT2D eigenvalue weighted by Gasteiger charge is -2.23. The standard InChI is InChI=1S/C25H36N4O5S/c1-18-11-13-21(14-12-18)35(32,33)29-22(15-16-23(30)28-25(3,4)5)24(31)27-19(2)17-26-34-20-9-7-6-8-10-20/h6-14,19,22,26,29H,15-17H2,1-5H3,(H,27,31)(H,28,30). The molecule has 4 N–H and O–H groups in total. The summed E-state index contributed by atoms with van der Waals surface area (Å²) in [6.45, 7) is 9.44. The third-order valence-corrected chi connectivity index (χ3v) is 6.32. The third-order valence-electron chi connectivity index (χ3n) is 4.83. The first kappa shape index (κ1) is 28.3. The van der Waals surface area contributed by atoms with Gasteiger partial charge in [0.15, 0.2) is 0 Å². The van der Waals surface area contributed by atoms with E-state index in [-0.39, 0.29) is 36.2 Å². The van der Waals surface area contributed by atoms with E-state index in [0.717, 1.165) is 5.56 Å². The van der Waals surface area contributed by atoms with Gasteiger partial charge in [0.1, 0.15) is 11.8 Å². The molecule has 9 nitrogen and oxygen atoms in total. The molecule has 0 saturated carbocycles. The van der Waals surface area contributed by atoms with Crippen molar-refractivity contribution in [3.8, 4) is 5.75 Å². The molecule has 2 aromatic carbocycles. The molecule has 2 amide bonds. The molecule has 192 valence electrons. The van der Waals surface area contributed by atoms with Crippen molar-refractivity contribution in [2.45, 2.75) is 70.0 Å². The van der Waals surface area contributed by atoms with Crippen LogP contribution >= 0.6 is 0 Å². The number of nitrogens with one attached hydrogen (secondary N) is 4. The lowest BCUT2D eigenvalue weighted by Crippen LogP contribution is -2.51. The van der Waals surface area contributed by atoms with Crippen molar-refractivity contribution < 1.29 is 22.8 Å². The Morgan fingerprint density at radius 3 is 2.23 bits per heavy atom. The molecular weight excluding hydrogens is 468 g/mol. The van der Waals surface area contributed by atoms with E-state index in [1.54, 1.807) is 31.2 Å². The van der Waals surface area contributed by atoms with E-state index >= 15 is 0 Å². The summed E-state index contributed by atoms with van der Waals surface area (Å²) in [6, 6.07) is 13.9. The van der Waals surface area contributed by atoms with Gasteiger partial charge >= 0.3 is 0 Å². The monoisotopic (exact) mass is 504 g/mol. The van der Waals surface area contributed by atoms with Crippen LogP contribution in [0.1, 0.15) is 46.1 Å². The predicted molar refractivity (Wildman–Crippen MR) is 135 cm³/mol. The summed E-state index contributed by atoms with van der Waals surface area (Å²) in [6.07, 6.45) is -0.0188. The second-order valence-corrected chi connectivity index (χ2v) is 11.2. The molecule has 0 aromatic heterocycles. The maximum absolute atomic E-state index is 13.0. The highest BCUT2D eigenvalue weighted by molar-refractivity contribution is 7.89. The zero-order chi connectivity index (χ0) is 26.1. The Balaban J connectivity index is 2.04. The Labute approximate surface area is 208 Å². The van der Waals surface area contributed by atoms with Crippen LogP contribution in [0.2, 0.25) is 0 Å². The van der Waals surface area contributed by atoms with Crippen LogP contribution in [0.5, 0.6) is 5.75 Å². The SMILES string of the molecule is Cc1ccc(S(=O)(=O)NC(CCC(=O)NC(C)(C)C)C(=O)NC(C)CNOc2ccccc2)cc1. The van der Waals surface area contributed by atoms with Crippen molar-refractivity contribution in [1.29, 1.82) is 0 Å². The van der Waals surface area contributed by atoms with Gasteiger partial charge in [-0.3, -0.25) is 9.59 Å². The lowest BCUT2D eigenvalue weighted by atomic mass is 10.1. The zero-order valence-corrected chi connectivity index (χ0v) is 21.7. The van der Waals surface area contributed by atoms with Gasteiger partial charge in [-0.05, 0) is 65.3 Å². The summed E-state index contributed by atoms with van der Waals surface area (Å²) in [4.78, 5) is 30.8. The molecule has 0 bridgehead atoms.